The van der Waals surface area contributed by atoms with E-state index in [0.29, 0.717) is 17.0 Å². The second-order valence-corrected chi connectivity index (χ2v) is 9.65. The van der Waals surface area contributed by atoms with Gasteiger partial charge < -0.3 is 10.2 Å². The van der Waals surface area contributed by atoms with Crippen molar-refractivity contribution in [3.05, 3.63) is 70.2 Å². The molecule has 1 unspecified atom stereocenters. The van der Waals surface area contributed by atoms with Gasteiger partial charge in [0.2, 0.25) is 11.8 Å². The average Bonchev–Trinajstić information content (AvgIpc) is 3.30. The summed E-state index contributed by atoms with van der Waals surface area (Å²) in [5.74, 6) is -0.855. The van der Waals surface area contributed by atoms with E-state index in [2.05, 4.69) is 5.32 Å². The number of hydrogen-bond donors (Lipinski definition) is 1. The van der Waals surface area contributed by atoms with Gasteiger partial charge >= 0.3 is 0 Å². The van der Waals surface area contributed by atoms with Crippen molar-refractivity contribution in [2.45, 2.75) is 63.4 Å². The molecule has 0 radical (unpaired) electrons. The molecule has 33 heavy (non-hydrogen) atoms. The number of nitrogens with zero attached hydrogens (tertiary/aromatic N) is 1. The topological polar surface area (TPSA) is 49.4 Å². The summed E-state index contributed by atoms with van der Waals surface area (Å²) < 4.78 is 27.4. The minimum absolute atomic E-state index is 0.0685. The molecule has 2 amide bonds. The Kier molecular flexibility index (Phi) is 9.56. The van der Waals surface area contributed by atoms with Gasteiger partial charge in [-0.3, -0.25) is 9.59 Å². The van der Waals surface area contributed by atoms with Crippen LogP contribution in [0.5, 0.6) is 0 Å². The molecule has 1 aliphatic carbocycles. The molecule has 1 saturated carbocycles. The third-order valence-corrected chi connectivity index (χ3v) is 7.19. The van der Waals surface area contributed by atoms with Crippen LogP contribution < -0.4 is 5.32 Å². The highest BCUT2D eigenvalue weighted by atomic mass is 35.5. The van der Waals surface area contributed by atoms with E-state index in [4.69, 9.17) is 11.6 Å². The molecule has 0 aromatic heterocycles. The number of amides is 2. The van der Waals surface area contributed by atoms with Crippen LogP contribution in [-0.4, -0.2) is 34.6 Å². The van der Waals surface area contributed by atoms with Crippen molar-refractivity contribution in [3.63, 3.8) is 0 Å². The molecule has 0 spiro atoms. The summed E-state index contributed by atoms with van der Waals surface area (Å²) >= 11 is 7.34. The molecule has 1 aliphatic rings. The van der Waals surface area contributed by atoms with Crippen LogP contribution in [0.2, 0.25) is 5.02 Å². The fraction of sp³-hybridized carbons (Fsp3) is 0.440. The minimum Gasteiger partial charge on any atom is -0.352 e. The third kappa shape index (κ3) is 7.18. The molecule has 2 aromatic carbocycles. The molecule has 3 rings (SSSR count). The molecule has 0 heterocycles. The predicted octanol–water partition coefficient (Wildman–Crippen LogP) is 5.72. The Morgan fingerprint density at radius 1 is 1.15 bits per heavy atom. The van der Waals surface area contributed by atoms with E-state index in [-0.39, 0.29) is 41.7 Å². The number of halogens is 3. The molecule has 0 aliphatic heterocycles. The second kappa shape index (κ2) is 12.4. The van der Waals surface area contributed by atoms with Crippen molar-refractivity contribution < 1.29 is 18.4 Å². The maximum absolute atomic E-state index is 14.1. The Morgan fingerprint density at radius 3 is 2.48 bits per heavy atom. The highest BCUT2D eigenvalue weighted by molar-refractivity contribution is 7.99. The van der Waals surface area contributed by atoms with Gasteiger partial charge in [0, 0.05) is 28.9 Å². The molecular formula is C25H29ClF2N2O2S. The lowest BCUT2D eigenvalue weighted by atomic mass is 10.1. The van der Waals surface area contributed by atoms with Crippen LogP contribution in [0, 0.1) is 11.6 Å². The fourth-order valence-corrected chi connectivity index (χ4v) is 5.32. The lowest BCUT2D eigenvalue weighted by molar-refractivity contribution is -0.139. The van der Waals surface area contributed by atoms with Crippen molar-refractivity contribution in [1.29, 1.82) is 0 Å². The van der Waals surface area contributed by atoms with Crippen LogP contribution in [0.1, 0.15) is 50.2 Å². The molecule has 0 saturated heterocycles. The summed E-state index contributed by atoms with van der Waals surface area (Å²) in [6.07, 6.45) is 4.54. The molecular weight excluding hydrogens is 466 g/mol. The Labute approximate surface area is 203 Å². The standard InChI is InChI=1S/C25H29ClF2N2O2S/c1-2-23(25(32)29-19-6-3-4-7-19)30(14-17-10-12-18(27)13-11-17)24(31)16-33-15-20-21(26)8-5-9-22(20)28/h5,8-13,19,23H,2-4,6-7,14-16H2,1H3,(H,29,32). The number of carbonyl (C=O) groups is 2. The van der Waals surface area contributed by atoms with Gasteiger partial charge in [-0.25, -0.2) is 8.78 Å². The molecule has 178 valence electrons. The number of rotatable bonds is 10. The number of thioether (sulfide) groups is 1. The van der Waals surface area contributed by atoms with E-state index >= 15 is 0 Å². The van der Waals surface area contributed by atoms with E-state index in [0.717, 1.165) is 31.2 Å². The Balaban J connectivity index is 1.72. The first-order valence-electron chi connectivity index (χ1n) is 11.2. The monoisotopic (exact) mass is 494 g/mol. The van der Waals surface area contributed by atoms with Crippen molar-refractivity contribution in [1.82, 2.24) is 10.2 Å². The smallest absolute Gasteiger partial charge is 0.243 e. The zero-order valence-electron chi connectivity index (χ0n) is 18.7. The van der Waals surface area contributed by atoms with Crippen molar-refractivity contribution in [2.75, 3.05) is 5.75 Å². The zero-order chi connectivity index (χ0) is 23.8. The maximum atomic E-state index is 14.1. The first-order chi connectivity index (χ1) is 15.9. The quantitative estimate of drug-likeness (QED) is 0.459. The Hall–Kier alpha value is -2.12. The van der Waals surface area contributed by atoms with Crippen LogP contribution in [-0.2, 0) is 21.9 Å². The molecule has 1 atom stereocenters. The number of hydrogen-bond acceptors (Lipinski definition) is 3. The van der Waals surface area contributed by atoms with Gasteiger partial charge in [-0.05, 0) is 49.1 Å². The lowest BCUT2D eigenvalue weighted by Crippen LogP contribution is -2.51. The third-order valence-electron chi connectivity index (χ3n) is 5.89. The Morgan fingerprint density at radius 2 is 1.85 bits per heavy atom. The number of carbonyl (C=O) groups excluding carboxylic acids is 2. The SMILES string of the molecule is CCC(C(=O)NC1CCCC1)N(Cc1ccc(F)cc1)C(=O)CSCc1c(F)cccc1Cl. The number of nitrogens with one attached hydrogen (secondary N) is 1. The summed E-state index contributed by atoms with van der Waals surface area (Å²) in [5, 5.41) is 3.41. The molecule has 4 nitrogen and oxygen atoms in total. The van der Waals surface area contributed by atoms with Gasteiger partial charge in [-0.1, -0.05) is 49.6 Å². The summed E-state index contributed by atoms with van der Waals surface area (Å²) in [6.45, 7) is 2.06. The highest BCUT2D eigenvalue weighted by Gasteiger charge is 2.30. The fourth-order valence-electron chi connectivity index (χ4n) is 4.07. The van der Waals surface area contributed by atoms with Gasteiger partial charge in [0.25, 0.3) is 0 Å². The Bertz CT molecular complexity index is 932. The van der Waals surface area contributed by atoms with Crippen LogP contribution in [0.4, 0.5) is 8.78 Å². The van der Waals surface area contributed by atoms with Gasteiger partial charge in [0.1, 0.15) is 17.7 Å². The van der Waals surface area contributed by atoms with Crippen molar-refractivity contribution in [3.8, 4) is 0 Å². The maximum Gasteiger partial charge on any atom is 0.243 e. The van der Waals surface area contributed by atoms with E-state index in [9.17, 15) is 18.4 Å². The van der Waals surface area contributed by atoms with Crippen molar-refractivity contribution in [2.24, 2.45) is 0 Å². The summed E-state index contributed by atoms with van der Waals surface area (Å²) in [7, 11) is 0. The average molecular weight is 495 g/mol. The second-order valence-electron chi connectivity index (χ2n) is 8.26. The summed E-state index contributed by atoms with van der Waals surface area (Å²) in [5.41, 5.74) is 1.09. The molecule has 8 heteroatoms. The normalized spacial score (nSPS) is 14.8. The zero-order valence-corrected chi connectivity index (χ0v) is 20.2. The van der Waals surface area contributed by atoms with E-state index in [1.54, 1.807) is 23.1 Å². The molecule has 2 aromatic rings. The van der Waals surface area contributed by atoms with Gasteiger partial charge in [-0.2, -0.15) is 0 Å². The minimum atomic E-state index is -0.638. The number of benzene rings is 2. The van der Waals surface area contributed by atoms with E-state index in [1.165, 1.54) is 36.0 Å². The highest BCUT2D eigenvalue weighted by Crippen LogP contribution is 2.25. The summed E-state index contributed by atoms with van der Waals surface area (Å²) in [6, 6.07) is 9.91. The molecule has 1 fully saturated rings. The molecule has 0 bridgehead atoms. The summed E-state index contributed by atoms with van der Waals surface area (Å²) in [4.78, 5) is 27.9. The van der Waals surface area contributed by atoms with Crippen molar-refractivity contribution >= 4 is 35.2 Å². The predicted molar refractivity (Wildman–Crippen MR) is 129 cm³/mol. The first kappa shape index (κ1) is 25.5. The van der Waals surface area contributed by atoms with E-state index < -0.39 is 11.9 Å². The largest absolute Gasteiger partial charge is 0.352 e. The van der Waals surface area contributed by atoms with Crippen LogP contribution in [0.25, 0.3) is 0 Å². The van der Waals surface area contributed by atoms with Crippen LogP contribution >= 0.6 is 23.4 Å². The first-order valence-corrected chi connectivity index (χ1v) is 12.8. The van der Waals surface area contributed by atoms with Crippen LogP contribution in [0.15, 0.2) is 42.5 Å². The molecule has 1 N–H and O–H groups in total. The van der Waals surface area contributed by atoms with Crippen LogP contribution in [0.3, 0.4) is 0 Å². The van der Waals surface area contributed by atoms with Gasteiger partial charge in [0.15, 0.2) is 0 Å². The van der Waals surface area contributed by atoms with Gasteiger partial charge in [0.05, 0.1) is 5.75 Å². The lowest BCUT2D eigenvalue weighted by Gasteiger charge is -2.31. The van der Waals surface area contributed by atoms with Gasteiger partial charge in [-0.15, -0.1) is 11.8 Å². The van der Waals surface area contributed by atoms with E-state index in [1.807, 2.05) is 6.92 Å².